The summed E-state index contributed by atoms with van der Waals surface area (Å²) >= 11 is 0. The molecule has 0 aromatic heterocycles. The monoisotopic (exact) mass is 255 g/mol. The van der Waals surface area contributed by atoms with Gasteiger partial charge in [0.15, 0.2) is 0 Å². The van der Waals surface area contributed by atoms with Crippen molar-refractivity contribution in [3.63, 3.8) is 0 Å². The SMILES string of the molecule is CCOC1CC(CN)(NN2C(C)CCCC2C)C1. The fourth-order valence-corrected chi connectivity index (χ4v) is 3.38. The van der Waals surface area contributed by atoms with E-state index in [4.69, 9.17) is 10.5 Å². The summed E-state index contributed by atoms with van der Waals surface area (Å²) in [5.41, 5.74) is 9.81. The molecule has 3 N–H and O–H groups in total. The fourth-order valence-electron chi connectivity index (χ4n) is 3.38. The van der Waals surface area contributed by atoms with Gasteiger partial charge in [-0.2, -0.15) is 0 Å². The van der Waals surface area contributed by atoms with E-state index in [1.54, 1.807) is 0 Å². The van der Waals surface area contributed by atoms with Crippen LogP contribution in [0.3, 0.4) is 0 Å². The molecule has 0 spiro atoms. The van der Waals surface area contributed by atoms with Gasteiger partial charge in [-0.1, -0.05) is 6.42 Å². The Hall–Kier alpha value is -0.160. The van der Waals surface area contributed by atoms with Crippen molar-refractivity contribution in [3.05, 3.63) is 0 Å². The zero-order chi connectivity index (χ0) is 13.2. The second-order valence-electron chi connectivity index (χ2n) is 6.12. The van der Waals surface area contributed by atoms with Gasteiger partial charge in [0.25, 0.3) is 0 Å². The second-order valence-corrected chi connectivity index (χ2v) is 6.12. The lowest BCUT2D eigenvalue weighted by Gasteiger charge is -2.53. The van der Waals surface area contributed by atoms with Crippen LogP contribution in [0, 0.1) is 0 Å². The van der Waals surface area contributed by atoms with Crippen LogP contribution >= 0.6 is 0 Å². The third-order valence-electron chi connectivity index (χ3n) is 4.59. The van der Waals surface area contributed by atoms with Crippen LogP contribution in [0.25, 0.3) is 0 Å². The fraction of sp³-hybridized carbons (Fsp3) is 1.00. The molecule has 2 aliphatic rings. The topological polar surface area (TPSA) is 50.5 Å². The van der Waals surface area contributed by atoms with Gasteiger partial charge in [-0.05, 0) is 46.5 Å². The maximum absolute atomic E-state index is 5.99. The number of ether oxygens (including phenoxy) is 1. The lowest BCUT2D eigenvalue weighted by Crippen LogP contribution is -2.69. The first-order chi connectivity index (χ1) is 8.60. The highest BCUT2D eigenvalue weighted by atomic mass is 16.5. The predicted molar refractivity (Wildman–Crippen MR) is 74.2 cm³/mol. The maximum Gasteiger partial charge on any atom is 0.0612 e. The summed E-state index contributed by atoms with van der Waals surface area (Å²) in [5.74, 6) is 0. The van der Waals surface area contributed by atoms with E-state index in [2.05, 4.69) is 31.2 Å². The van der Waals surface area contributed by atoms with Crippen molar-refractivity contribution in [2.24, 2.45) is 5.73 Å². The lowest BCUT2D eigenvalue weighted by atomic mass is 9.74. The van der Waals surface area contributed by atoms with Gasteiger partial charge in [0, 0.05) is 30.8 Å². The molecule has 2 rings (SSSR count). The Kier molecular flexibility index (Phi) is 4.64. The Morgan fingerprint density at radius 2 is 1.89 bits per heavy atom. The normalized spacial score (nSPS) is 41.7. The molecule has 4 nitrogen and oxygen atoms in total. The molecule has 4 heteroatoms. The molecule has 1 saturated heterocycles. The Balaban J connectivity index is 1.90. The number of rotatable bonds is 5. The van der Waals surface area contributed by atoms with Crippen LogP contribution in [-0.2, 0) is 4.74 Å². The second kappa shape index (κ2) is 5.87. The smallest absolute Gasteiger partial charge is 0.0612 e. The number of nitrogens with zero attached hydrogens (tertiary/aromatic N) is 1. The summed E-state index contributed by atoms with van der Waals surface area (Å²) in [5, 5.41) is 2.44. The molecular formula is C14H29N3O. The van der Waals surface area contributed by atoms with Crippen molar-refractivity contribution in [2.75, 3.05) is 13.2 Å². The molecule has 2 atom stereocenters. The minimum Gasteiger partial charge on any atom is -0.378 e. The molecule has 0 bridgehead atoms. The molecule has 1 aliphatic carbocycles. The van der Waals surface area contributed by atoms with E-state index in [-0.39, 0.29) is 5.54 Å². The van der Waals surface area contributed by atoms with Crippen LogP contribution in [0.5, 0.6) is 0 Å². The number of hydrogen-bond acceptors (Lipinski definition) is 4. The first-order valence-corrected chi connectivity index (χ1v) is 7.48. The van der Waals surface area contributed by atoms with Gasteiger partial charge >= 0.3 is 0 Å². The van der Waals surface area contributed by atoms with Gasteiger partial charge in [-0.25, -0.2) is 10.4 Å². The standard InChI is InChI=1S/C14H29N3O/c1-4-18-13-8-14(9-13,10-15)16-17-11(2)6-5-7-12(17)3/h11-13,16H,4-10,15H2,1-3H3. The van der Waals surface area contributed by atoms with Crippen molar-refractivity contribution >= 4 is 0 Å². The number of nitrogens with one attached hydrogen (secondary N) is 1. The van der Waals surface area contributed by atoms with E-state index in [0.717, 1.165) is 19.4 Å². The van der Waals surface area contributed by atoms with Crippen LogP contribution in [0.1, 0.15) is 52.9 Å². The average Bonchev–Trinajstić information content (AvgIpc) is 2.30. The van der Waals surface area contributed by atoms with Crippen LogP contribution < -0.4 is 11.2 Å². The lowest BCUT2D eigenvalue weighted by molar-refractivity contribution is -0.0958. The largest absolute Gasteiger partial charge is 0.378 e. The number of hydrogen-bond donors (Lipinski definition) is 2. The number of nitrogens with two attached hydrogens (primary N) is 1. The molecule has 2 unspecified atom stereocenters. The van der Waals surface area contributed by atoms with Crippen molar-refractivity contribution in [1.29, 1.82) is 0 Å². The van der Waals surface area contributed by atoms with Crippen LogP contribution in [0.4, 0.5) is 0 Å². The molecule has 2 fully saturated rings. The van der Waals surface area contributed by atoms with Crippen molar-refractivity contribution in [2.45, 2.75) is 76.6 Å². The minimum atomic E-state index is 0.0830. The average molecular weight is 255 g/mol. The van der Waals surface area contributed by atoms with Gasteiger partial charge in [0.05, 0.1) is 6.10 Å². The highest BCUT2D eigenvalue weighted by Gasteiger charge is 2.46. The summed E-state index contributed by atoms with van der Waals surface area (Å²) in [6.07, 6.45) is 6.42. The molecule has 0 aromatic rings. The Morgan fingerprint density at radius 1 is 1.28 bits per heavy atom. The van der Waals surface area contributed by atoms with E-state index < -0.39 is 0 Å². The van der Waals surface area contributed by atoms with E-state index in [1.807, 2.05) is 0 Å². The van der Waals surface area contributed by atoms with Crippen LogP contribution in [-0.4, -0.2) is 41.9 Å². The van der Waals surface area contributed by atoms with E-state index in [0.29, 0.717) is 24.7 Å². The number of hydrazine groups is 1. The molecule has 0 aromatic carbocycles. The Labute approximate surface area is 111 Å². The summed E-state index contributed by atoms with van der Waals surface area (Å²) in [6, 6.07) is 1.23. The molecule has 1 heterocycles. The molecule has 106 valence electrons. The summed E-state index contributed by atoms with van der Waals surface area (Å²) in [7, 11) is 0. The molecule has 18 heavy (non-hydrogen) atoms. The zero-order valence-corrected chi connectivity index (χ0v) is 12.1. The van der Waals surface area contributed by atoms with Crippen molar-refractivity contribution in [3.8, 4) is 0 Å². The first-order valence-electron chi connectivity index (χ1n) is 7.48. The highest BCUT2D eigenvalue weighted by Crippen LogP contribution is 2.35. The quantitative estimate of drug-likeness (QED) is 0.784. The maximum atomic E-state index is 5.99. The number of piperidine rings is 1. The summed E-state index contributed by atoms with van der Waals surface area (Å²) < 4.78 is 5.66. The Morgan fingerprint density at radius 3 is 2.39 bits per heavy atom. The van der Waals surface area contributed by atoms with Crippen LogP contribution in [0.2, 0.25) is 0 Å². The highest BCUT2D eigenvalue weighted by molar-refractivity contribution is 5.03. The minimum absolute atomic E-state index is 0.0830. The molecular weight excluding hydrogens is 226 g/mol. The van der Waals surface area contributed by atoms with Gasteiger partial charge in [0.1, 0.15) is 0 Å². The van der Waals surface area contributed by atoms with E-state index in [9.17, 15) is 0 Å². The molecule has 1 saturated carbocycles. The third kappa shape index (κ3) is 2.87. The van der Waals surface area contributed by atoms with Gasteiger partial charge in [0.2, 0.25) is 0 Å². The van der Waals surface area contributed by atoms with Gasteiger partial charge < -0.3 is 10.5 Å². The van der Waals surface area contributed by atoms with Crippen molar-refractivity contribution in [1.82, 2.24) is 10.4 Å². The van der Waals surface area contributed by atoms with Gasteiger partial charge in [-0.15, -0.1) is 0 Å². The van der Waals surface area contributed by atoms with Crippen LogP contribution in [0.15, 0.2) is 0 Å². The molecule has 0 amide bonds. The molecule has 0 radical (unpaired) electrons. The molecule has 1 aliphatic heterocycles. The van der Waals surface area contributed by atoms with E-state index in [1.165, 1.54) is 19.3 Å². The third-order valence-corrected chi connectivity index (χ3v) is 4.59. The zero-order valence-electron chi connectivity index (χ0n) is 12.1. The predicted octanol–water partition coefficient (Wildman–Crippen LogP) is 1.65. The first kappa shape index (κ1) is 14.3. The summed E-state index contributed by atoms with van der Waals surface area (Å²) in [6.45, 7) is 8.19. The van der Waals surface area contributed by atoms with Crippen molar-refractivity contribution < 1.29 is 4.74 Å². The Bertz CT molecular complexity index is 256. The van der Waals surface area contributed by atoms with Gasteiger partial charge in [-0.3, -0.25) is 0 Å². The van der Waals surface area contributed by atoms with E-state index >= 15 is 0 Å². The summed E-state index contributed by atoms with van der Waals surface area (Å²) in [4.78, 5) is 0.